The smallest absolute Gasteiger partial charge is 0.410 e. The third kappa shape index (κ3) is 6.62. The van der Waals surface area contributed by atoms with Gasteiger partial charge in [0.15, 0.2) is 0 Å². The van der Waals surface area contributed by atoms with Crippen molar-refractivity contribution in [2.45, 2.75) is 31.6 Å². The summed E-state index contributed by atoms with van der Waals surface area (Å²) in [4.78, 5) is 13.1. The van der Waals surface area contributed by atoms with Crippen LogP contribution in [0.25, 0.3) is 0 Å². The van der Waals surface area contributed by atoms with E-state index in [4.69, 9.17) is 10.5 Å². The van der Waals surface area contributed by atoms with Gasteiger partial charge < -0.3 is 15.4 Å². The van der Waals surface area contributed by atoms with E-state index < -0.39 is 5.60 Å². The molecule has 1 amide bonds. The van der Waals surface area contributed by atoms with Gasteiger partial charge in [-0.15, -0.1) is 0 Å². The summed E-state index contributed by atoms with van der Waals surface area (Å²) in [6.45, 7) is 6.75. The zero-order valence-corrected chi connectivity index (χ0v) is 11.1. The lowest BCUT2D eigenvalue weighted by Crippen LogP contribution is -2.39. The molecule has 0 rings (SSSR count). The van der Waals surface area contributed by atoms with Gasteiger partial charge in [0.1, 0.15) is 5.60 Å². The maximum atomic E-state index is 11.6. The van der Waals surface area contributed by atoms with E-state index in [-0.39, 0.29) is 11.3 Å². The Hall–Kier alpha value is -0.420. The van der Waals surface area contributed by atoms with Crippen LogP contribution in [0.1, 0.15) is 20.8 Å². The Kier molecular flexibility index (Phi) is 6.05. The molecule has 0 saturated carbocycles. The molecular formula is C10H22N2O2S. The molecule has 0 radical (unpaired) electrons. The highest BCUT2D eigenvalue weighted by atomic mass is 32.2. The van der Waals surface area contributed by atoms with Crippen molar-refractivity contribution in [3.63, 3.8) is 0 Å². The van der Waals surface area contributed by atoms with E-state index >= 15 is 0 Å². The van der Waals surface area contributed by atoms with Gasteiger partial charge in [-0.3, -0.25) is 0 Å². The molecule has 0 aliphatic rings. The largest absolute Gasteiger partial charge is 0.444 e. The van der Waals surface area contributed by atoms with Crippen molar-refractivity contribution in [1.29, 1.82) is 0 Å². The number of hydrogen-bond donors (Lipinski definition) is 1. The summed E-state index contributed by atoms with van der Waals surface area (Å²) >= 11 is 1.66. The first-order valence-electron chi connectivity index (χ1n) is 4.97. The molecule has 0 bridgehead atoms. The lowest BCUT2D eigenvalue weighted by Gasteiger charge is -2.26. The fourth-order valence-corrected chi connectivity index (χ4v) is 1.53. The Morgan fingerprint density at radius 2 is 2.07 bits per heavy atom. The Balaban J connectivity index is 4.09. The van der Waals surface area contributed by atoms with Crippen molar-refractivity contribution in [2.75, 3.05) is 26.4 Å². The number of ether oxygens (including phenoxy) is 1. The Morgan fingerprint density at radius 1 is 1.53 bits per heavy atom. The Labute approximate surface area is 96.5 Å². The highest BCUT2D eigenvalue weighted by molar-refractivity contribution is 7.99. The summed E-state index contributed by atoms with van der Waals surface area (Å²) in [5.74, 6) is 0. The molecule has 0 aliphatic heterocycles. The molecule has 0 spiro atoms. The molecule has 1 unspecified atom stereocenters. The molecule has 0 heterocycles. The normalized spacial score (nSPS) is 13.5. The predicted octanol–water partition coefficient (Wildman–Crippen LogP) is 1.54. The van der Waals surface area contributed by atoms with Gasteiger partial charge in [-0.1, -0.05) is 0 Å². The topological polar surface area (TPSA) is 55.6 Å². The third-order valence-electron chi connectivity index (χ3n) is 1.78. The standard InChI is InChI=1S/C10H22N2O2S/c1-10(2,3)14-9(13)12(4)7-8(6-11)15-5/h8H,6-7,11H2,1-5H3. The van der Waals surface area contributed by atoms with E-state index in [2.05, 4.69) is 0 Å². The first kappa shape index (κ1) is 14.6. The van der Waals surface area contributed by atoms with Crippen LogP contribution >= 0.6 is 11.8 Å². The number of nitrogens with zero attached hydrogens (tertiary/aromatic N) is 1. The molecule has 2 N–H and O–H groups in total. The molecule has 0 fully saturated rings. The van der Waals surface area contributed by atoms with Gasteiger partial charge >= 0.3 is 6.09 Å². The molecule has 15 heavy (non-hydrogen) atoms. The molecule has 5 heteroatoms. The van der Waals surface area contributed by atoms with Gasteiger partial charge in [0.2, 0.25) is 0 Å². The fourth-order valence-electron chi connectivity index (χ4n) is 0.965. The first-order valence-corrected chi connectivity index (χ1v) is 6.26. The van der Waals surface area contributed by atoms with Gasteiger partial charge in [0.25, 0.3) is 0 Å². The second-order valence-electron chi connectivity index (χ2n) is 4.45. The zero-order valence-electron chi connectivity index (χ0n) is 10.2. The highest BCUT2D eigenvalue weighted by Crippen LogP contribution is 2.11. The van der Waals surface area contributed by atoms with Crippen LogP contribution in [-0.2, 0) is 4.74 Å². The first-order chi connectivity index (χ1) is 6.80. The summed E-state index contributed by atoms with van der Waals surface area (Å²) in [6, 6.07) is 0. The molecule has 90 valence electrons. The number of hydrogen-bond acceptors (Lipinski definition) is 4. The summed E-state index contributed by atoms with van der Waals surface area (Å²) in [7, 11) is 1.73. The minimum absolute atomic E-state index is 0.266. The van der Waals surface area contributed by atoms with Gasteiger partial charge in [-0.2, -0.15) is 11.8 Å². The van der Waals surface area contributed by atoms with Crippen LogP contribution in [0.2, 0.25) is 0 Å². The molecule has 0 aromatic heterocycles. The average Bonchev–Trinajstić information content (AvgIpc) is 2.10. The van der Waals surface area contributed by atoms with Gasteiger partial charge in [0.05, 0.1) is 0 Å². The quantitative estimate of drug-likeness (QED) is 0.801. The van der Waals surface area contributed by atoms with E-state index in [1.165, 1.54) is 0 Å². The predicted molar refractivity (Wildman–Crippen MR) is 65.2 cm³/mol. The van der Waals surface area contributed by atoms with Crippen molar-refractivity contribution >= 4 is 17.9 Å². The Morgan fingerprint density at radius 3 is 2.40 bits per heavy atom. The van der Waals surface area contributed by atoms with Crippen LogP contribution in [-0.4, -0.2) is 48.2 Å². The summed E-state index contributed by atoms with van der Waals surface area (Å²) in [6.07, 6.45) is 1.69. The summed E-state index contributed by atoms with van der Waals surface area (Å²) in [5, 5.41) is 0.266. The van der Waals surface area contributed by atoms with Crippen molar-refractivity contribution in [3.05, 3.63) is 0 Å². The van der Waals surface area contributed by atoms with E-state index in [1.807, 2.05) is 27.0 Å². The number of thioether (sulfide) groups is 1. The average molecular weight is 234 g/mol. The number of carbonyl (C=O) groups is 1. The van der Waals surface area contributed by atoms with Crippen LogP contribution in [0, 0.1) is 0 Å². The molecule has 1 atom stereocenters. The van der Waals surface area contributed by atoms with Crippen molar-refractivity contribution in [2.24, 2.45) is 5.73 Å². The van der Waals surface area contributed by atoms with Crippen molar-refractivity contribution < 1.29 is 9.53 Å². The van der Waals surface area contributed by atoms with E-state index in [0.29, 0.717) is 13.1 Å². The monoisotopic (exact) mass is 234 g/mol. The summed E-state index contributed by atoms with van der Waals surface area (Å²) in [5.41, 5.74) is 5.12. The SMILES string of the molecule is CSC(CN)CN(C)C(=O)OC(C)(C)C. The van der Waals surface area contributed by atoms with Crippen LogP contribution in [0.5, 0.6) is 0 Å². The fraction of sp³-hybridized carbons (Fsp3) is 0.900. The van der Waals surface area contributed by atoms with E-state index in [9.17, 15) is 4.79 Å². The number of nitrogens with two attached hydrogens (primary N) is 1. The van der Waals surface area contributed by atoms with Gasteiger partial charge in [-0.25, -0.2) is 4.79 Å². The number of rotatable bonds is 4. The van der Waals surface area contributed by atoms with E-state index in [1.54, 1.807) is 23.7 Å². The zero-order chi connectivity index (χ0) is 12.1. The highest BCUT2D eigenvalue weighted by Gasteiger charge is 2.21. The maximum Gasteiger partial charge on any atom is 0.410 e. The number of amides is 1. The number of carbonyl (C=O) groups excluding carboxylic acids is 1. The van der Waals surface area contributed by atoms with Crippen LogP contribution in [0.15, 0.2) is 0 Å². The lowest BCUT2D eigenvalue weighted by atomic mass is 10.2. The van der Waals surface area contributed by atoms with Crippen LogP contribution in [0.3, 0.4) is 0 Å². The molecule has 4 nitrogen and oxygen atoms in total. The molecular weight excluding hydrogens is 212 g/mol. The van der Waals surface area contributed by atoms with Crippen LogP contribution < -0.4 is 5.73 Å². The molecule has 0 aromatic rings. The van der Waals surface area contributed by atoms with Gasteiger partial charge in [-0.05, 0) is 27.0 Å². The third-order valence-corrected chi connectivity index (χ3v) is 2.79. The minimum atomic E-state index is -0.442. The summed E-state index contributed by atoms with van der Waals surface area (Å²) < 4.78 is 5.23. The second kappa shape index (κ2) is 6.23. The van der Waals surface area contributed by atoms with Crippen LogP contribution in [0.4, 0.5) is 4.79 Å². The Bertz CT molecular complexity index is 200. The molecule has 0 aromatic carbocycles. The van der Waals surface area contributed by atoms with Crippen molar-refractivity contribution in [3.8, 4) is 0 Å². The molecule has 0 aliphatic carbocycles. The van der Waals surface area contributed by atoms with Gasteiger partial charge in [0, 0.05) is 25.4 Å². The second-order valence-corrected chi connectivity index (χ2v) is 5.59. The maximum absolute atomic E-state index is 11.6. The van der Waals surface area contributed by atoms with Crippen molar-refractivity contribution in [1.82, 2.24) is 4.90 Å². The minimum Gasteiger partial charge on any atom is -0.444 e. The van der Waals surface area contributed by atoms with E-state index in [0.717, 1.165) is 0 Å². The lowest BCUT2D eigenvalue weighted by molar-refractivity contribution is 0.0300. The molecule has 0 saturated heterocycles.